The zero-order valence-electron chi connectivity index (χ0n) is 13.9. The Morgan fingerprint density at radius 2 is 1.83 bits per heavy atom. The van der Waals surface area contributed by atoms with Crippen molar-refractivity contribution in [2.75, 3.05) is 7.11 Å². The minimum Gasteiger partial charge on any atom is -0.465 e. The van der Waals surface area contributed by atoms with Crippen molar-refractivity contribution < 1.29 is 23.9 Å². The van der Waals surface area contributed by atoms with Crippen LogP contribution in [0.4, 0.5) is 0 Å². The van der Waals surface area contributed by atoms with Crippen LogP contribution in [-0.4, -0.2) is 35.9 Å². The number of aromatic nitrogens is 1. The first kappa shape index (κ1) is 17.2. The Balaban J connectivity index is 2.17. The highest BCUT2D eigenvalue weighted by Gasteiger charge is 2.26. The number of aromatic amines is 1. The lowest BCUT2D eigenvalue weighted by atomic mass is 9.98. The Bertz CT molecular complexity index is 611. The van der Waals surface area contributed by atoms with Crippen LogP contribution < -0.4 is 0 Å². The Morgan fingerprint density at radius 1 is 1.17 bits per heavy atom. The van der Waals surface area contributed by atoms with Crippen LogP contribution in [0.25, 0.3) is 0 Å². The van der Waals surface area contributed by atoms with Gasteiger partial charge in [-0.2, -0.15) is 0 Å². The summed E-state index contributed by atoms with van der Waals surface area (Å²) >= 11 is 0. The van der Waals surface area contributed by atoms with Crippen LogP contribution >= 0.6 is 0 Å². The minimum absolute atomic E-state index is 0.0406. The molecule has 0 radical (unpaired) electrons. The summed E-state index contributed by atoms with van der Waals surface area (Å²) in [4.78, 5) is 38.6. The van der Waals surface area contributed by atoms with Crippen molar-refractivity contribution in [3.63, 3.8) is 0 Å². The number of ketones is 1. The number of rotatable bonds is 5. The van der Waals surface area contributed by atoms with Gasteiger partial charge in [0.05, 0.1) is 24.8 Å². The number of carbonyl (C=O) groups is 3. The van der Waals surface area contributed by atoms with Crippen molar-refractivity contribution in [2.45, 2.75) is 58.5 Å². The summed E-state index contributed by atoms with van der Waals surface area (Å²) in [5.74, 6) is -1.15. The molecule has 1 saturated carbocycles. The SMILES string of the molecule is COC(=O)c1c(CC(=O)OC2CCCCC2)[nH]c(C(C)=O)c1C. The molecule has 1 aliphatic rings. The van der Waals surface area contributed by atoms with Gasteiger partial charge in [-0.25, -0.2) is 4.79 Å². The molecule has 0 bridgehead atoms. The van der Waals surface area contributed by atoms with Gasteiger partial charge in [0.2, 0.25) is 0 Å². The number of Topliss-reactive ketones (excluding diaryl/α,β-unsaturated/α-hetero) is 1. The third-order valence-corrected chi connectivity index (χ3v) is 4.24. The van der Waals surface area contributed by atoms with E-state index in [0.717, 1.165) is 25.7 Å². The molecular formula is C17H23NO5. The number of H-pyrrole nitrogens is 1. The summed E-state index contributed by atoms with van der Waals surface area (Å²) in [6.07, 6.45) is 4.98. The fourth-order valence-electron chi connectivity index (χ4n) is 3.08. The molecule has 0 unspecified atom stereocenters. The summed E-state index contributed by atoms with van der Waals surface area (Å²) in [5.41, 5.74) is 1.45. The summed E-state index contributed by atoms with van der Waals surface area (Å²) in [6, 6.07) is 0. The molecule has 6 heteroatoms. The van der Waals surface area contributed by atoms with E-state index < -0.39 is 11.9 Å². The van der Waals surface area contributed by atoms with Gasteiger partial charge in [-0.15, -0.1) is 0 Å². The van der Waals surface area contributed by atoms with Gasteiger partial charge >= 0.3 is 11.9 Å². The molecular weight excluding hydrogens is 298 g/mol. The molecule has 126 valence electrons. The Labute approximate surface area is 135 Å². The molecule has 1 fully saturated rings. The van der Waals surface area contributed by atoms with E-state index in [1.54, 1.807) is 6.92 Å². The first-order chi connectivity index (χ1) is 10.9. The average Bonchev–Trinajstić information content (AvgIpc) is 2.84. The normalized spacial score (nSPS) is 15.3. The number of esters is 2. The van der Waals surface area contributed by atoms with Crippen molar-refractivity contribution in [3.8, 4) is 0 Å². The van der Waals surface area contributed by atoms with Crippen LogP contribution in [0.1, 0.15) is 71.1 Å². The van der Waals surface area contributed by atoms with E-state index in [9.17, 15) is 14.4 Å². The summed E-state index contributed by atoms with van der Waals surface area (Å²) < 4.78 is 10.2. The lowest BCUT2D eigenvalue weighted by Crippen LogP contribution is -2.22. The predicted octanol–water partition coefficient (Wildman–Crippen LogP) is 2.73. The lowest BCUT2D eigenvalue weighted by molar-refractivity contribution is -0.149. The van der Waals surface area contributed by atoms with Crippen LogP contribution in [0.5, 0.6) is 0 Å². The zero-order valence-corrected chi connectivity index (χ0v) is 13.9. The van der Waals surface area contributed by atoms with Crippen molar-refractivity contribution in [1.29, 1.82) is 0 Å². The second-order valence-corrected chi connectivity index (χ2v) is 5.95. The largest absolute Gasteiger partial charge is 0.465 e. The summed E-state index contributed by atoms with van der Waals surface area (Å²) in [7, 11) is 1.27. The van der Waals surface area contributed by atoms with Crippen molar-refractivity contribution in [3.05, 3.63) is 22.5 Å². The minimum atomic E-state index is -0.563. The monoisotopic (exact) mass is 321 g/mol. The Kier molecular flexibility index (Phi) is 5.58. The molecule has 0 atom stereocenters. The van der Waals surface area contributed by atoms with Crippen LogP contribution in [0, 0.1) is 6.92 Å². The third kappa shape index (κ3) is 4.00. The molecule has 0 saturated heterocycles. The number of hydrogen-bond acceptors (Lipinski definition) is 5. The Hall–Kier alpha value is -2.11. The van der Waals surface area contributed by atoms with Gasteiger partial charge in [0.15, 0.2) is 5.78 Å². The van der Waals surface area contributed by atoms with E-state index in [1.165, 1.54) is 20.5 Å². The zero-order chi connectivity index (χ0) is 17.0. The average molecular weight is 321 g/mol. The van der Waals surface area contributed by atoms with Crippen LogP contribution in [-0.2, 0) is 20.7 Å². The van der Waals surface area contributed by atoms with Gasteiger partial charge in [-0.1, -0.05) is 6.42 Å². The highest BCUT2D eigenvalue weighted by atomic mass is 16.5. The van der Waals surface area contributed by atoms with Crippen LogP contribution in [0.3, 0.4) is 0 Å². The second kappa shape index (κ2) is 7.44. The molecule has 0 aromatic carbocycles. The fourth-order valence-corrected chi connectivity index (χ4v) is 3.08. The molecule has 0 spiro atoms. The van der Waals surface area contributed by atoms with E-state index in [0.29, 0.717) is 17.0 Å². The van der Waals surface area contributed by atoms with Gasteiger partial charge in [0.1, 0.15) is 6.10 Å². The predicted molar refractivity (Wildman–Crippen MR) is 83.5 cm³/mol. The number of methoxy groups -OCH3 is 1. The Morgan fingerprint density at radius 3 is 2.39 bits per heavy atom. The van der Waals surface area contributed by atoms with Crippen molar-refractivity contribution in [2.24, 2.45) is 0 Å². The molecule has 1 N–H and O–H groups in total. The van der Waals surface area contributed by atoms with Crippen molar-refractivity contribution in [1.82, 2.24) is 4.98 Å². The van der Waals surface area contributed by atoms with E-state index in [4.69, 9.17) is 9.47 Å². The summed E-state index contributed by atoms with van der Waals surface area (Å²) in [5, 5.41) is 0. The maximum atomic E-state index is 12.2. The molecule has 1 aromatic rings. The number of carbonyl (C=O) groups excluding carboxylic acids is 3. The highest BCUT2D eigenvalue weighted by molar-refractivity contribution is 6.01. The maximum absolute atomic E-state index is 12.2. The van der Waals surface area contributed by atoms with Gasteiger partial charge in [0, 0.05) is 12.6 Å². The molecule has 1 aliphatic carbocycles. The van der Waals surface area contributed by atoms with E-state index in [-0.39, 0.29) is 23.9 Å². The van der Waals surface area contributed by atoms with Crippen molar-refractivity contribution >= 4 is 17.7 Å². The molecule has 23 heavy (non-hydrogen) atoms. The molecule has 1 aromatic heterocycles. The maximum Gasteiger partial charge on any atom is 0.339 e. The molecule has 1 heterocycles. The topological polar surface area (TPSA) is 85.5 Å². The van der Waals surface area contributed by atoms with Gasteiger partial charge in [0.25, 0.3) is 0 Å². The fraction of sp³-hybridized carbons (Fsp3) is 0.588. The lowest BCUT2D eigenvalue weighted by Gasteiger charge is -2.21. The first-order valence-corrected chi connectivity index (χ1v) is 7.94. The smallest absolute Gasteiger partial charge is 0.339 e. The highest BCUT2D eigenvalue weighted by Crippen LogP contribution is 2.23. The molecule has 0 amide bonds. The quantitative estimate of drug-likeness (QED) is 0.666. The number of ether oxygens (including phenoxy) is 2. The van der Waals surface area contributed by atoms with Crippen LogP contribution in [0.2, 0.25) is 0 Å². The van der Waals surface area contributed by atoms with E-state index in [1.807, 2.05) is 0 Å². The molecule has 6 nitrogen and oxygen atoms in total. The molecule has 0 aliphatic heterocycles. The number of hydrogen-bond donors (Lipinski definition) is 1. The number of nitrogens with one attached hydrogen (secondary N) is 1. The van der Waals surface area contributed by atoms with Gasteiger partial charge in [-0.05, 0) is 38.2 Å². The second-order valence-electron chi connectivity index (χ2n) is 5.95. The third-order valence-electron chi connectivity index (χ3n) is 4.24. The molecule has 2 rings (SSSR count). The standard InChI is InChI=1S/C17H23NO5/c1-10-15(17(21)22-3)13(18-16(10)11(2)19)9-14(20)23-12-7-5-4-6-8-12/h12,18H,4-9H2,1-3H3. The van der Waals surface area contributed by atoms with Crippen LogP contribution in [0.15, 0.2) is 0 Å². The van der Waals surface area contributed by atoms with Gasteiger partial charge < -0.3 is 14.5 Å². The first-order valence-electron chi connectivity index (χ1n) is 7.94. The van der Waals surface area contributed by atoms with E-state index >= 15 is 0 Å². The van der Waals surface area contributed by atoms with Gasteiger partial charge in [-0.3, -0.25) is 9.59 Å². The van der Waals surface area contributed by atoms with E-state index in [2.05, 4.69) is 4.98 Å². The summed E-state index contributed by atoms with van der Waals surface area (Å²) in [6.45, 7) is 3.07.